The van der Waals surface area contributed by atoms with Crippen LogP contribution in [0.2, 0.25) is 0 Å². The van der Waals surface area contributed by atoms with Crippen molar-refractivity contribution in [2.24, 2.45) is 11.8 Å². The molecule has 0 heterocycles. The zero-order valence-corrected chi connectivity index (χ0v) is 13.1. The fourth-order valence-electron chi connectivity index (χ4n) is 3.34. The van der Waals surface area contributed by atoms with Crippen LogP contribution in [0.25, 0.3) is 0 Å². The van der Waals surface area contributed by atoms with Gasteiger partial charge in [-0.1, -0.05) is 25.8 Å². The highest BCUT2D eigenvalue weighted by Crippen LogP contribution is 2.38. The highest BCUT2D eigenvalue weighted by molar-refractivity contribution is 5.44. The van der Waals surface area contributed by atoms with Gasteiger partial charge < -0.3 is 14.8 Å². The van der Waals surface area contributed by atoms with Crippen molar-refractivity contribution in [3.63, 3.8) is 0 Å². The summed E-state index contributed by atoms with van der Waals surface area (Å²) in [6, 6.07) is 6.67. The predicted octanol–water partition coefficient (Wildman–Crippen LogP) is 3.79. The van der Waals surface area contributed by atoms with Crippen LogP contribution in [-0.4, -0.2) is 21.3 Å². The SMILES string of the molecule is CNC(c1ccc(OC)c(OC)c1)C1CCC(C)CC1. The van der Waals surface area contributed by atoms with Crippen molar-refractivity contribution in [2.75, 3.05) is 21.3 Å². The molecule has 20 heavy (non-hydrogen) atoms. The molecule has 1 unspecified atom stereocenters. The molecule has 0 bridgehead atoms. The average Bonchev–Trinajstić information content (AvgIpc) is 2.49. The molecule has 1 N–H and O–H groups in total. The first-order valence-corrected chi connectivity index (χ1v) is 7.58. The summed E-state index contributed by atoms with van der Waals surface area (Å²) in [5.74, 6) is 3.21. The van der Waals surface area contributed by atoms with E-state index in [0.29, 0.717) is 12.0 Å². The molecule has 0 spiro atoms. The largest absolute Gasteiger partial charge is 0.493 e. The molecular weight excluding hydrogens is 250 g/mol. The first-order valence-electron chi connectivity index (χ1n) is 7.58. The van der Waals surface area contributed by atoms with Gasteiger partial charge in [-0.3, -0.25) is 0 Å². The van der Waals surface area contributed by atoms with Crippen LogP contribution >= 0.6 is 0 Å². The van der Waals surface area contributed by atoms with Crippen LogP contribution in [0.15, 0.2) is 18.2 Å². The van der Waals surface area contributed by atoms with Gasteiger partial charge in [-0.2, -0.15) is 0 Å². The third-order valence-electron chi connectivity index (χ3n) is 4.61. The first kappa shape index (κ1) is 15.2. The molecule has 1 atom stereocenters. The van der Waals surface area contributed by atoms with E-state index >= 15 is 0 Å². The van der Waals surface area contributed by atoms with E-state index in [0.717, 1.165) is 17.4 Å². The van der Waals surface area contributed by atoms with E-state index in [4.69, 9.17) is 9.47 Å². The second-order valence-electron chi connectivity index (χ2n) is 5.90. The molecule has 1 fully saturated rings. The zero-order chi connectivity index (χ0) is 14.5. The van der Waals surface area contributed by atoms with E-state index in [-0.39, 0.29) is 0 Å². The van der Waals surface area contributed by atoms with Crippen molar-refractivity contribution in [1.29, 1.82) is 0 Å². The maximum absolute atomic E-state index is 5.42. The van der Waals surface area contributed by atoms with Crippen LogP contribution in [0.5, 0.6) is 11.5 Å². The molecule has 1 aromatic rings. The van der Waals surface area contributed by atoms with Gasteiger partial charge >= 0.3 is 0 Å². The van der Waals surface area contributed by atoms with Crippen LogP contribution in [0.1, 0.15) is 44.2 Å². The number of methoxy groups -OCH3 is 2. The fraction of sp³-hybridized carbons (Fsp3) is 0.647. The smallest absolute Gasteiger partial charge is 0.161 e. The van der Waals surface area contributed by atoms with Crippen molar-refractivity contribution in [1.82, 2.24) is 5.32 Å². The number of ether oxygens (including phenoxy) is 2. The Balaban J connectivity index is 2.18. The Hall–Kier alpha value is -1.22. The lowest BCUT2D eigenvalue weighted by atomic mass is 9.77. The quantitative estimate of drug-likeness (QED) is 0.888. The van der Waals surface area contributed by atoms with Gasteiger partial charge in [-0.25, -0.2) is 0 Å². The minimum atomic E-state index is 0.405. The topological polar surface area (TPSA) is 30.5 Å². The van der Waals surface area contributed by atoms with Gasteiger partial charge in [0, 0.05) is 6.04 Å². The molecule has 0 amide bonds. The minimum Gasteiger partial charge on any atom is -0.493 e. The maximum atomic E-state index is 5.42. The minimum absolute atomic E-state index is 0.405. The third kappa shape index (κ3) is 3.26. The summed E-state index contributed by atoms with van der Waals surface area (Å²) in [5.41, 5.74) is 1.30. The summed E-state index contributed by atoms with van der Waals surface area (Å²) in [4.78, 5) is 0. The average molecular weight is 277 g/mol. The molecule has 0 saturated heterocycles. The molecule has 0 aliphatic heterocycles. The fourth-order valence-corrected chi connectivity index (χ4v) is 3.34. The number of hydrogen-bond donors (Lipinski definition) is 1. The van der Waals surface area contributed by atoms with Crippen LogP contribution in [0.3, 0.4) is 0 Å². The zero-order valence-electron chi connectivity index (χ0n) is 13.1. The Bertz CT molecular complexity index is 425. The second kappa shape index (κ2) is 6.98. The Kier molecular flexibility index (Phi) is 5.30. The number of benzene rings is 1. The van der Waals surface area contributed by atoms with Gasteiger partial charge in [0.05, 0.1) is 14.2 Å². The number of nitrogens with one attached hydrogen (secondary N) is 1. The van der Waals surface area contributed by atoms with Crippen LogP contribution < -0.4 is 14.8 Å². The molecule has 1 aliphatic carbocycles. The van der Waals surface area contributed by atoms with Crippen LogP contribution in [0, 0.1) is 11.8 Å². The van der Waals surface area contributed by atoms with E-state index in [9.17, 15) is 0 Å². The molecule has 3 heteroatoms. The predicted molar refractivity (Wildman–Crippen MR) is 82.5 cm³/mol. The monoisotopic (exact) mass is 277 g/mol. The highest BCUT2D eigenvalue weighted by Gasteiger charge is 2.26. The highest BCUT2D eigenvalue weighted by atomic mass is 16.5. The van der Waals surface area contributed by atoms with Gasteiger partial charge in [0.2, 0.25) is 0 Å². The van der Waals surface area contributed by atoms with Gasteiger partial charge in [0.15, 0.2) is 11.5 Å². The molecule has 112 valence electrons. The Morgan fingerprint density at radius 3 is 2.25 bits per heavy atom. The number of rotatable bonds is 5. The van der Waals surface area contributed by atoms with E-state index in [1.165, 1.54) is 31.2 Å². The Morgan fingerprint density at radius 1 is 1.05 bits per heavy atom. The maximum Gasteiger partial charge on any atom is 0.161 e. The molecular formula is C17H27NO2. The van der Waals surface area contributed by atoms with Gasteiger partial charge in [0.25, 0.3) is 0 Å². The molecule has 0 radical (unpaired) electrons. The molecule has 1 aromatic carbocycles. The summed E-state index contributed by atoms with van der Waals surface area (Å²) >= 11 is 0. The first-order chi connectivity index (χ1) is 9.69. The third-order valence-corrected chi connectivity index (χ3v) is 4.61. The van der Waals surface area contributed by atoms with Crippen molar-refractivity contribution >= 4 is 0 Å². The van der Waals surface area contributed by atoms with Gasteiger partial charge in [-0.15, -0.1) is 0 Å². The van der Waals surface area contributed by atoms with E-state index in [1.54, 1.807) is 14.2 Å². The van der Waals surface area contributed by atoms with E-state index in [1.807, 2.05) is 6.07 Å². The Labute approximate surface area is 122 Å². The number of hydrogen-bond acceptors (Lipinski definition) is 3. The van der Waals surface area contributed by atoms with E-state index < -0.39 is 0 Å². The lowest BCUT2D eigenvalue weighted by molar-refractivity contribution is 0.237. The molecule has 3 nitrogen and oxygen atoms in total. The van der Waals surface area contributed by atoms with Crippen molar-refractivity contribution in [3.8, 4) is 11.5 Å². The second-order valence-corrected chi connectivity index (χ2v) is 5.90. The summed E-state index contributed by atoms with van der Waals surface area (Å²) in [6.45, 7) is 2.36. The summed E-state index contributed by atoms with van der Waals surface area (Å²) < 4.78 is 10.7. The molecule has 1 aliphatic rings. The van der Waals surface area contributed by atoms with Crippen molar-refractivity contribution < 1.29 is 9.47 Å². The van der Waals surface area contributed by atoms with Crippen LogP contribution in [-0.2, 0) is 0 Å². The molecule has 2 rings (SSSR count). The summed E-state index contributed by atoms with van der Waals surface area (Å²) in [6.07, 6.45) is 5.30. The van der Waals surface area contributed by atoms with Gasteiger partial charge in [-0.05, 0) is 49.4 Å². The van der Waals surface area contributed by atoms with Crippen LogP contribution in [0.4, 0.5) is 0 Å². The Morgan fingerprint density at radius 2 is 1.70 bits per heavy atom. The summed E-state index contributed by atoms with van der Waals surface area (Å²) in [5, 5.41) is 3.50. The standard InChI is InChI=1S/C17H27NO2/c1-12-5-7-13(8-6-12)17(18-2)14-9-10-15(19-3)16(11-14)20-4/h9-13,17-18H,5-8H2,1-4H3. The molecule has 0 aromatic heterocycles. The summed E-state index contributed by atoms with van der Waals surface area (Å²) in [7, 11) is 5.42. The molecule has 1 saturated carbocycles. The van der Waals surface area contributed by atoms with Gasteiger partial charge in [0.1, 0.15) is 0 Å². The lowest BCUT2D eigenvalue weighted by Gasteiger charge is -2.33. The van der Waals surface area contributed by atoms with Crippen molar-refractivity contribution in [2.45, 2.75) is 38.6 Å². The van der Waals surface area contributed by atoms with E-state index in [2.05, 4.69) is 31.4 Å². The van der Waals surface area contributed by atoms with Crippen molar-refractivity contribution in [3.05, 3.63) is 23.8 Å². The lowest BCUT2D eigenvalue weighted by Crippen LogP contribution is -2.28. The normalized spacial score (nSPS) is 24.2.